The zero-order valence-electron chi connectivity index (χ0n) is 15.2. The van der Waals surface area contributed by atoms with Gasteiger partial charge in [-0.25, -0.2) is 9.82 Å². The molecular formula is C20H22FN3O2S. The Balaban J connectivity index is 1.52. The normalized spacial score (nSPS) is 14.9. The average molecular weight is 387 g/mol. The second-order valence-corrected chi connectivity index (χ2v) is 7.11. The third-order valence-corrected chi connectivity index (χ3v) is 5.25. The lowest BCUT2D eigenvalue weighted by Crippen LogP contribution is -2.36. The molecule has 0 bridgehead atoms. The third-order valence-electron chi connectivity index (χ3n) is 4.21. The van der Waals surface area contributed by atoms with Crippen LogP contribution in [0.4, 0.5) is 10.1 Å². The molecular weight excluding hydrogens is 365 g/mol. The van der Waals surface area contributed by atoms with Gasteiger partial charge in [0, 0.05) is 23.7 Å². The summed E-state index contributed by atoms with van der Waals surface area (Å²) in [5.41, 5.74) is 5.33. The molecule has 1 amide bonds. The van der Waals surface area contributed by atoms with Crippen LogP contribution in [0.5, 0.6) is 0 Å². The predicted molar refractivity (Wildman–Crippen MR) is 107 cm³/mol. The van der Waals surface area contributed by atoms with Gasteiger partial charge in [0.1, 0.15) is 5.82 Å². The first-order valence-corrected chi connectivity index (χ1v) is 9.75. The van der Waals surface area contributed by atoms with Crippen LogP contribution in [0.15, 0.2) is 58.5 Å². The van der Waals surface area contributed by atoms with Gasteiger partial charge in [-0.1, -0.05) is 24.3 Å². The average Bonchev–Trinajstić information content (AvgIpc) is 2.72. The van der Waals surface area contributed by atoms with Crippen LogP contribution in [0.2, 0.25) is 0 Å². The Labute approximate surface area is 162 Å². The Morgan fingerprint density at radius 2 is 1.89 bits per heavy atom. The number of nitrogens with one attached hydrogen (secondary N) is 1. The van der Waals surface area contributed by atoms with Crippen LogP contribution in [0.25, 0.3) is 0 Å². The molecule has 0 aliphatic carbocycles. The number of anilines is 1. The minimum absolute atomic E-state index is 0.105. The van der Waals surface area contributed by atoms with Gasteiger partial charge in [0.05, 0.1) is 24.7 Å². The molecule has 2 aromatic carbocycles. The summed E-state index contributed by atoms with van der Waals surface area (Å²) in [7, 11) is 0. The Bertz CT molecular complexity index is 805. The lowest BCUT2D eigenvalue weighted by atomic mass is 10.1. The van der Waals surface area contributed by atoms with E-state index in [4.69, 9.17) is 4.74 Å². The Morgan fingerprint density at radius 1 is 1.19 bits per heavy atom. The van der Waals surface area contributed by atoms with Crippen LogP contribution in [0.1, 0.15) is 12.5 Å². The van der Waals surface area contributed by atoms with Crippen LogP contribution in [0, 0.1) is 5.82 Å². The summed E-state index contributed by atoms with van der Waals surface area (Å²) >= 11 is 1.15. The molecule has 7 heteroatoms. The zero-order valence-corrected chi connectivity index (χ0v) is 16.0. The number of morpholine rings is 1. The highest BCUT2D eigenvalue weighted by Gasteiger charge is 2.11. The number of amides is 1. The maximum absolute atomic E-state index is 13.6. The van der Waals surface area contributed by atoms with Crippen LogP contribution in [-0.4, -0.2) is 43.7 Å². The standard InChI is InChI=1S/C20H22FN3O2S/c1-15(16-6-8-17(9-7-16)24-10-12-26-13-11-24)22-23-20(25)14-27-19-5-3-2-4-18(19)21/h2-9H,10-14H2,1H3,(H,23,25)/b22-15-. The van der Waals surface area contributed by atoms with Gasteiger partial charge < -0.3 is 9.64 Å². The second kappa shape index (κ2) is 9.53. The van der Waals surface area contributed by atoms with E-state index >= 15 is 0 Å². The van der Waals surface area contributed by atoms with Crippen molar-refractivity contribution in [2.45, 2.75) is 11.8 Å². The maximum Gasteiger partial charge on any atom is 0.250 e. The maximum atomic E-state index is 13.6. The number of ether oxygens (including phenoxy) is 1. The van der Waals surface area contributed by atoms with Gasteiger partial charge in [0.25, 0.3) is 0 Å². The van der Waals surface area contributed by atoms with Crippen LogP contribution < -0.4 is 10.3 Å². The second-order valence-electron chi connectivity index (χ2n) is 6.10. The van der Waals surface area contributed by atoms with E-state index in [0.717, 1.165) is 49.3 Å². The SMILES string of the molecule is C/C(=N/NC(=O)CSc1ccccc1F)c1ccc(N2CCOCC2)cc1. The fourth-order valence-corrected chi connectivity index (χ4v) is 3.41. The molecule has 5 nitrogen and oxygen atoms in total. The highest BCUT2D eigenvalue weighted by Crippen LogP contribution is 2.20. The minimum atomic E-state index is -0.324. The zero-order chi connectivity index (χ0) is 19.1. The van der Waals surface area contributed by atoms with E-state index < -0.39 is 0 Å². The highest BCUT2D eigenvalue weighted by molar-refractivity contribution is 8.00. The summed E-state index contributed by atoms with van der Waals surface area (Å²) in [5, 5.41) is 4.15. The van der Waals surface area contributed by atoms with Crippen LogP contribution in [-0.2, 0) is 9.53 Å². The summed E-state index contributed by atoms with van der Waals surface area (Å²) < 4.78 is 18.9. The molecule has 1 aliphatic heterocycles. The Morgan fingerprint density at radius 3 is 2.59 bits per heavy atom. The number of halogens is 1. The lowest BCUT2D eigenvalue weighted by molar-refractivity contribution is -0.118. The van der Waals surface area contributed by atoms with Crippen molar-refractivity contribution >= 4 is 29.1 Å². The van der Waals surface area contributed by atoms with Crippen LogP contribution in [0.3, 0.4) is 0 Å². The fourth-order valence-electron chi connectivity index (χ4n) is 2.68. The summed E-state index contributed by atoms with van der Waals surface area (Å²) in [6.07, 6.45) is 0. The van der Waals surface area contributed by atoms with E-state index in [2.05, 4.69) is 27.6 Å². The molecule has 0 atom stereocenters. The number of benzene rings is 2. The van der Waals surface area contributed by atoms with Crippen molar-refractivity contribution in [3.63, 3.8) is 0 Å². The Hall–Kier alpha value is -2.38. The van der Waals surface area contributed by atoms with E-state index in [9.17, 15) is 9.18 Å². The van der Waals surface area contributed by atoms with Crippen molar-refractivity contribution in [2.75, 3.05) is 37.0 Å². The van der Waals surface area contributed by atoms with Gasteiger partial charge in [-0.05, 0) is 36.8 Å². The van der Waals surface area contributed by atoms with Crippen molar-refractivity contribution in [2.24, 2.45) is 5.10 Å². The summed E-state index contributed by atoms with van der Waals surface area (Å²) in [4.78, 5) is 14.7. The molecule has 27 heavy (non-hydrogen) atoms. The van der Waals surface area contributed by atoms with E-state index in [0.29, 0.717) is 10.6 Å². The molecule has 1 saturated heterocycles. The number of hydrogen-bond acceptors (Lipinski definition) is 5. The number of thioether (sulfide) groups is 1. The molecule has 0 aromatic heterocycles. The molecule has 0 spiro atoms. The quantitative estimate of drug-likeness (QED) is 0.469. The molecule has 0 unspecified atom stereocenters. The van der Waals surface area contributed by atoms with E-state index in [-0.39, 0.29) is 17.5 Å². The molecule has 0 radical (unpaired) electrons. The lowest BCUT2D eigenvalue weighted by Gasteiger charge is -2.28. The molecule has 3 rings (SSSR count). The molecule has 0 saturated carbocycles. The van der Waals surface area contributed by atoms with Crippen molar-refractivity contribution in [1.29, 1.82) is 0 Å². The monoisotopic (exact) mass is 387 g/mol. The van der Waals surface area contributed by atoms with Crippen molar-refractivity contribution in [3.8, 4) is 0 Å². The molecule has 1 N–H and O–H groups in total. The number of hydrogen-bond donors (Lipinski definition) is 1. The highest BCUT2D eigenvalue weighted by atomic mass is 32.2. The summed E-state index contributed by atoms with van der Waals surface area (Å²) in [6, 6.07) is 14.5. The molecule has 1 heterocycles. The fraction of sp³-hybridized carbons (Fsp3) is 0.300. The number of carbonyl (C=O) groups excluding carboxylic acids is 1. The van der Waals surface area contributed by atoms with Gasteiger partial charge in [0.15, 0.2) is 0 Å². The first kappa shape index (κ1) is 19.4. The van der Waals surface area contributed by atoms with Gasteiger partial charge in [-0.3, -0.25) is 4.79 Å². The van der Waals surface area contributed by atoms with Crippen molar-refractivity contribution < 1.29 is 13.9 Å². The van der Waals surface area contributed by atoms with Crippen molar-refractivity contribution in [1.82, 2.24) is 5.43 Å². The van der Waals surface area contributed by atoms with Gasteiger partial charge >= 0.3 is 0 Å². The third kappa shape index (κ3) is 5.55. The number of rotatable bonds is 6. The van der Waals surface area contributed by atoms with Gasteiger partial charge in [-0.15, -0.1) is 11.8 Å². The Kier molecular flexibility index (Phi) is 6.84. The van der Waals surface area contributed by atoms with Crippen molar-refractivity contribution in [3.05, 3.63) is 59.9 Å². The minimum Gasteiger partial charge on any atom is -0.378 e. The number of carbonyl (C=O) groups is 1. The summed E-state index contributed by atoms with van der Waals surface area (Å²) in [6.45, 7) is 5.12. The van der Waals surface area contributed by atoms with Gasteiger partial charge in [0.2, 0.25) is 5.91 Å². The van der Waals surface area contributed by atoms with Crippen LogP contribution >= 0.6 is 11.8 Å². The molecule has 142 valence electrons. The van der Waals surface area contributed by atoms with Gasteiger partial charge in [-0.2, -0.15) is 5.10 Å². The molecule has 2 aromatic rings. The topological polar surface area (TPSA) is 53.9 Å². The van der Waals surface area contributed by atoms with E-state index in [1.807, 2.05) is 19.1 Å². The van der Waals surface area contributed by atoms with E-state index in [1.165, 1.54) is 6.07 Å². The number of hydrazone groups is 1. The summed E-state index contributed by atoms with van der Waals surface area (Å²) in [5.74, 6) is -0.490. The first-order chi connectivity index (χ1) is 13.1. The molecule has 1 fully saturated rings. The van der Waals surface area contributed by atoms with E-state index in [1.54, 1.807) is 18.2 Å². The smallest absolute Gasteiger partial charge is 0.250 e. The number of nitrogens with zero attached hydrogens (tertiary/aromatic N) is 2. The largest absolute Gasteiger partial charge is 0.378 e. The predicted octanol–water partition coefficient (Wildman–Crippen LogP) is 3.29. The first-order valence-electron chi connectivity index (χ1n) is 8.77. The molecule has 1 aliphatic rings.